The minimum Gasteiger partial charge on any atom is -0.480 e. The fraction of sp³-hybridized carbons (Fsp3) is 0.800. The Bertz CT molecular complexity index is 457. The molecule has 1 aliphatic rings. The third-order valence-electron chi connectivity index (χ3n) is 3.53. The Morgan fingerprint density at radius 2 is 2.00 bits per heavy atom. The fourth-order valence-corrected chi connectivity index (χ4v) is 2.60. The molecule has 0 aromatic carbocycles. The molecule has 8 heteroatoms. The van der Waals surface area contributed by atoms with Crippen LogP contribution in [0.5, 0.6) is 0 Å². The molecule has 132 valence electrons. The van der Waals surface area contributed by atoms with Crippen LogP contribution in [0.25, 0.3) is 0 Å². The number of carboxylic acids is 1. The van der Waals surface area contributed by atoms with Crippen LogP contribution in [0.15, 0.2) is 0 Å². The van der Waals surface area contributed by atoms with Crippen molar-refractivity contribution in [1.29, 1.82) is 0 Å². The molecule has 1 unspecified atom stereocenters. The number of amides is 2. The molecule has 0 radical (unpaired) electrons. The maximum Gasteiger partial charge on any atom is 0.408 e. The lowest BCUT2D eigenvalue weighted by Gasteiger charge is -2.32. The third-order valence-corrected chi connectivity index (χ3v) is 3.53. The first kappa shape index (κ1) is 19.2. The number of likely N-dealkylation sites (tertiary alicyclic amines) is 1. The van der Waals surface area contributed by atoms with Gasteiger partial charge >= 0.3 is 12.1 Å². The van der Waals surface area contributed by atoms with Crippen LogP contribution in [-0.2, 0) is 14.3 Å². The second-order valence-corrected chi connectivity index (χ2v) is 6.80. The molecule has 0 aromatic heterocycles. The summed E-state index contributed by atoms with van der Waals surface area (Å²) in [5, 5.41) is 21.3. The van der Waals surface area contributed by atoms with Crippen LogP contribution in [0.4, 0.5) is 4.79 Å². The van der Waals surface area contributed by atoms with Crippen molar-refractivity contribution in [2.24, 2.45) is 0 Å². The predicted octanol–water partition coefficient (Wildman–Crippen LogP) is 0.726. The number of rotatable bonds is 4. The van der Waals surface area contributed by atoms with Crippen molar-refractivity contribution < 1.29 is 29.3 Å². The molecule has 0 aliphatic carbocycles. The van der Waals surface area contributed by atoms with Crippen LogP contribution in [0.3, 0.4) is 0 Å². The van der Waals surface area contributed by atoms with Gasteiger partial charge in [-0.1, -0.05) is 0 Å². The van der Waals surface area contributed by atoms with Gasteiger partial charge in [-0.2, -0.15) is 0 Å². The van der Waals surface area contributed by atoms with E-state index in [1.54, 1.807) is 20.8 Å². The molecule has 2 amide bonds. The average Bonchev–Trinajstić information content (AvgIpc) is 2.49. The number of ether oxygens (including phenoxy) is 1. The van der Waals surface area contributed by atoms with Crippen LogP contribution in [-0.4, -0.2) is 63.4 Å². The Hall–Kier alpha value is -1.83. The normalized spacial score (nSPS) is 23.9. The van der Waals surface area contributed by atoms with Gasteiger partial charge in [0.1, 0.15) is 18.2 Å². The molecule has 23 heavy (non-hydrogen) atoms. The summed E-state index contributed by atoms with van der Waals surface area (Å²) in [5.41, 5.74) is -0.694. The maximum atomic E-state index is 12.6. The zero-order valence-corrected chi connectivity index (χ0v) is 14.0. The van der Waals surface area contributed by atoms with Crippen LogP contribution < -0.4 is 5.32 Å². The Morgan fingerprint density at radius 1 is 1.39 bits per heavy atom. The summed E-state index contributed by atoms with van der Waals surface area (Å²) >= 11 is 0. The molecule has 3 atom stereocenters. The molecule has 8 nitrogen and oxygen atoms in total. The van der Waals surface area contributed by atoms with E-state index in [2.05, 4.69) is 5.32 Å². The SMILES string of the molecule is CC(O)[C@H]1CCC[C@H](NC(=O)OC(C)(C)C)C(=O)N1CC(=O)O. The Labute approximate surface area is 135 Å². The van der Waals surface area contributed by atoms with E-state index in [0.717, 1.165) is 4.90 Å². The number of carboxylic acid groups (broad SMARTS) is 1. The zero-order valence-electron chi connectivity index (χ0n) is 14.0. The highest BCUT2D eigenvalue weighted by atomic mass is 16.6. The van der Waals surface area contributed by atoms with E-state index in [1.807, 2.05) is 0 Å². The van der Waals surface area contributed by atoms with Crippen molar-refractivity contribution in [3.63, 3.8) is 0 Å². The van der Waals surface area contributed by atoms with Crippen molar-refractivity contribution in [2.75, 3.05) is 6.54 Å². The lowest BCUT2D eigenvalue weighted by molar-refractivity contribution is -0.148. The van der Waals surface area contributed by atoms with Gasteiger partial charge in [-0.25, -0.2) is 4.79 Å². The van der Waals surface area contributed by atoms with E-state index in [9.17, 15) is 19.5 Å². The molecule has 1 heterocycles. The lowest BCUT2D eigenvalue weighted by atomic mass is 10.1. The fourth-order valence-electron chi connectivity index (χ4n) is 2.60. The quantitative estimate of drug-likeness (QED) is 0.699. The Morgan fingerprint density at radius 3 is 2.48 bits per heavy atom. The molecular weight excluding hydrogens is 304 g/mol. The van der Waals surface area contributed by atoms with Gasteiger partial charge in [0.15, 0.2) is 0 Å². The number of carbonyl (C=O) groups is 3. The minimum absolute atomic E-state index is 0.372. The van der Waals surface area contributed by atoms with Gasteiger partial charge in [-0.05, 0) is 47.0 Å². The van der Waals surface area contributed by atoms with Gasteiger partial charge in [-0.3, -0.25) is 9.59 Å². The highest BCUT2D eigenvalue weighted by molar-refractivity contribution is 5.88. The Kier molecular flexibility index (Phi) is 6.37. The molecule has 1 aliphatic heterocycles. The second-order valence-electron chi connectivity index (χ2n) is 6.80. The number of aliphatic hydroxyl groups excluding tert-OH is 1. The van der Waals surface area contributed by atoms with E-state index in [4.69, 9.17) is 9.84 Å². The number of aliphatic carboxylic acids is 1. The molecule has 1 saturated heterocycles. The van der Waals surface area contributed by atoms with Crippen LogP contribution in [0.1, 0.15) is 47.0 Å². The monoisotopic (exact) mass is 330 g/mol. The van der Waals surface area contributed by atoms with E-state index in [1.165, 1.54) is 6.92 Å². The number of carbonyl (C=O) groups excluding carboxylic acids is 2. The van der Waals surface area contributed by atoms with Gasteiger partial charge in [0.2, 0.25) is 5.91 Å². The van der Waals surface area contributed by atoms with E-state index >= 15 is 0 Å². The zero-order chi connectivity index (χ0) is 17.8. The van der Waals surface area contributed by atoms with Gasteiger partial charge in [0.25, 0.3) is 0 Å². The summed E-state index contributed by atoms with van der Waals surface area (Å²) in [6.07, 6.45) is -0.140. The van der Waals surface area contributed by atoms with Crippen LogP contribution >= 0.6 is 0 Å². The third kappa shape index (κ3) is 6.05. The number of aliphatic hydroxyl groups is 1. The summed E-state index contributed by atoms with van der Waals surface area (Å²) in [6, 6.07) is -1.43. The largest absolute Gasteiger partial charge is 0.480 e. The van der Waals surface area contributed by atoms with Crippen LogP contribution in [0, 0.1) is 0 Å². The van der Waals surface area contributed by atoms with E-state index in [-0.39, 0.29) is 0 Å². The summed E-state index contributed by atoms with van der Waals surface area (Å²) in [5.74, 6) is -1.68. The summed E-state index contributed by atoms with van der Waals surface area (Å²) in [7, 11) is 0. The molecule has 3 N–H and O–H groups in total. The summed E-state index contributed by atoms with van der Waals surface area (Å²) in [4.78, 5) is 36.6. The first-order valence-electron chi connectivity index (χ1n) is 7.71. The molecular formula is C15H26N2O6. The smallest absolute Gasteiger partial charge is 0.408 e. The molecule has 1 fully saturated rings. The average molecular weight is 330 g/mol. The number of alkyl carbamates (subject to hydrolysis) is 1. The van der Waals surface area contributed by atoms with Crippen molar-refractivity contribution >= 4 is 18.0 Å². The summed E-state index contributed by atoms with van der Waals surface area (Å²) in [6.45, 7) is 6.14. The molecule has 1 rings (SSSR count). The highest BCUT2D eigenvalue weighted by Crippen LogP contribution is 2.21. The minimum atomic E-state index is -1.16. The standard InChI is InChI=1S/C15H26N2O6/c1-9(18)11-7-5-6-10(13(21)17(11)8-12(19)20)16-14(22)23-15(2,3)4/h9-11,18H,5-8H2,1-4H3,(H,16,22)(H,19,20)/t9?,10-,11+/m0/s1. The number of nitrogens with zero attached hydrogens (tertiary/aromatic N) is 1. The van der Waals surface area contributed by atoms with Crippen molar-refractivity contribution in [3.8, 4) is 0 Å². The summed E-state index contributed by atoms with van der Waals surface area (Å²) < 4.78 is 5.13. The highest BCUT2D eigenvalue weighted by Gasteiger charge is 2.37. The van der Waals surface area contributed by atoms with Crippen LogP contribution in [0.2, 0.25) is 0 Å². The van der Waals surface area contributed by atoms with Gasteiger partial charge in [-0.15, -0.1) is 0 Å². The topological polar surface area (TPSA) is 116 Å². The molecule has 0 spiro atoms. The van der Waals surface area contributed by atoms with E-state index in [0.29, 0.717) is 19.3 Å². The Balaban J connectivity index is 2.87. The lowest BCUT2D eigenvalue weighted by Crippen LogP contribution is -2.54. The van der Waals surface area contributed by atoms with Crippen molar-refractivity contribution in [1.82, 2.24) is 10.2 Å². The van der Waals surface area contributed by atoms with Gasteiger partial charge < -0.3 is 25.2 Å². The molecule has 0 saturated carbocycles. The van der Waals surface area contributed by atoms with E-state index < -0.39 is 48.3 Å². The first-order chi connectivity index (χ1) is 10.5. The number of hydrogen-bond donors (Lipinski definition) is 3. The van der Waals surface area contributed by atoms with Crippen molar-refractivity contribution in [2.45, 2.75) is 70.7 Å². The predicted molar refractivity (Wildman–Crippen MR) is 81.8 cm³/mol. The first-order valence-corrected chi connectivity index (χ1v) is 7.71. The molecule has 0 aromatic rings. The van der Waals surface area contributed by atoms with Crippen molar-refractivity contribution in [3.05, 3.63) is 0 Å². The van der Waals surface area contributed by atoms with Gasteiger partial charge in [0, 0.05) is 0 Å². The number of hydrogen-bond acceptors (Lipinski definition) is 5. The van der Waals surface area contributed by atoms with Gasteiger partial charge in [0.05, 0.1) is 12.1 Å². The maximum absolute atomic E-state index is 12.6. The number of nitrogens with one attached hydrogen (secondary N) is 1. The second kappa shape index (κ2) is 7.63. The molecule has 0 bridgehead atoms.